The Morgan fingerprint density at radius 3 is 2.28 bits per heavy atom. The summed E-state index contributed by atoms with van der Waals surface area (Å²) in [6.07, 6.45) is 0. The maximum absolute atomic E-state index is 13.0. The van der Waals surface area contributed by atoms with Gasteiger partial charge in [-0.25, -0.2) is 9.67 Å². The second-order valence-corrected chi connectivity index (χ2v) is 7.33. The Kier molecular flexibility index (Phi) is 4.99. The number of hydrogen-bond donors (Lipinski definition) is 0. The van der Waals surface area contributed by atoms with Crippen LogP contribution in [0.15, 0.2) is 47.8 Å². The lowest BCUT2D eigenvalue weighted by Gasteiger charge is -2.29. The molecule has 3 aromatic rings. The van der Waals surface area contributed by atoms with E-state index in [0.29, 0.717) is 5.82 Å². The van der Waals surface area contributed by atoms with Crippen LogP contribution in [0.1, 0.15) is 38.3 Å². The van der Waals surface area contributed by atoms with Gasteiger partial charge < -0.3 is 4.90 Å². The average Bonchev–Trinajstić information content (AvgIpc) is 3.24. The van der Waals surface area contributed by atoms with Crippen molar-refractivity contribution in [2.45, 2.75) is 39.8 Å². The molecule has 0 bridgehead atoms. The average molecular weight is 354 g/mol. The van der Waals surface area contributed by atoms with Gasteiger partial charge in [-0.05, 0) is 51.3 Å². The molecule has 0 atom stereocenters. The second kappa shape index (κ2) is 7.19. The quantitative estimate of drug-likeness (QED) is 0.688. The van der Waals surface area contributed by atoms with Crippen molar-refractivity contribution in [1.29, 1.82) is 0 Å². The molecule has 6 heteroatoms. The Morgan fingerprint density at radius 1 is 1.04 bits per heavy atom. The molecule has 130 valence electrons. The fraction of sp³-hybridized carbons (Fsp3) is 0.316. The topological polar surface area (TPSA) is 51.0 Å². The fourth-order valence-electron chi connectivity index (χ4n) is 2.90. The zero-order valence-electron chi connectivity index (χ0n) is 14.9. The van der Waals surface area contributed by atoms with Crippen LogP contribution in [0, 0.1) is 0 Å². The van der Waals surface area contributed by atoms with Crippen molar-refractivity contribution in [3.8, 4) is 16.4 Å². The summed E-state index contributed by atoms with van der Waals surface area (Å²) in [5.74, 6) is 0.782. The molecular weight excluding hydrogens is 332 g/mol. The molecule has 0 unspecified atom stereocenters. The van der Waals surface area contributed by atoms with Gasteiger partial charge in [-0.2, -0.15) is 0 Å². The Morgan fingerprint density at radius 2 is 1.72 bits per heavy atom. The van der Waals surface area contributed by atoms with Gasteiger partial charge in [0.2, 0.25) is 5.82 Å². The molecule has 0 saturated carbocycles. The first-order chi connectivity index (χ1) is 12.0. The van der Waals surface area contributed by atoms with Crippen molar-refractivity contribution in [2.75, 3.05) is 0 Å². The molecule has 2 heterocycles. The van der Waals surface area contributed by atoms with E-state index in [1.807, 2.05) is 80.4 Å². The predicted molar refractivity (Wildman–Crippen MR) is 101 cm³/mol. The molecule has 0 aliphatic carbocycles. The SMILES string of the molecule is CC(C)N(C(=O)c1nc(-c2cccs2)n(-c2ccccc2)n1)C(C)C. The minimum atomic E-state index is -0.141. The number of benzene rings is 1. The van der Waals surface area contributed by atoms with Crippen LogP contribution in [0.2, 0.25) is 0 Å². The molecule has 0 radical (unpaired) electrons. The third kappa shape index (κ3) is 3.49. The van der Waals surface area contributed by atoms with E-state index in [9.17, 15) is 4.79 Å². The number of hydrogen-bond acceptors (Lipinski definition) is 4. The normalized spacial score (nSPS) is 11.3. The van der Waals surface area contributed by atoms with Crippen LogP contribution >= 0.6 is 11.3 Å². The van der Waals surface area contributed by atoms with Crippen molar-refractivity contribution in [3.05, 3.63) is 53.7 Å². The molecule has 0 aliphatic heterocycles. The largest absolute Gasteiger partial charge is 0.331 e. The summed E-state index contributed by atoms with van der Waals surface area (Å²) in [4.78, 5) is 20.4. The third-order valence-electron chi connectivity index (χ3n) is 3.89. The van der Waals surface area contributed by atoms with Crippen LogP contribution in [-0.4, -0.2) is 37.7 Å². The maximum atomic E-state index is 13.0. The highest BCUT2D eigenvalue weighted by atomic mass is 32.1. The summed E-state index contributed by atoms with van der Waals surface area (Å²) < 4.78 is 1.75. The van der Waals surface area contributed by atoms with Gasteiger partial charge in [0.25, 0.3) is 5.91 Å². The number of para-hydroxylation sites is 1. The van der Waals surface area contributed by atoms with Crippen molar-refractivity contribution < 1.29 is 4.79 Å². The van der Waals surface area contributed by atoms with Crippen molar-refractivity contribution in [2.24, 2.45) is 0 Å². The summed E-state index contributed by atoms with van der Waals surface area (Å²) in [7, 11) is 0. The molecule has 0 fully saturated rings. The van der Waals surface area contributed by atoms with Gasteiger partial charge in [0.05, 0.1) is 10.6 Å². The number of amides is 1. The van der Waals surface area contributed by atoms with E-state index < -0.39 is 0 Å². The lowest BCUT2D eigenvalue weighted by atomic mass is 10.2. The van der Waals surface area contributed by atoms with E-state index in [0.717, 1.165) is 10.6 Å². The molecule has 0 N–H and O–H groups in total. The van der Waals surface area contributed by atoms with E-state index in [1.165, 1.54) is 0 Å². The van der Waals surface area contributed by atoms with Gasteiger partial charge in [-0.1, -0.05) is 24.3 Å². The van der Waals surface area contributed by atoms with Gasteiger partial charge >= 0.3 is 0 Å². The number of rotatable bonds is 5. The van der Waals surface area contributed by atoms with Gasteiger partial charge in [-0.15, -0.1) is 16.4 Å². The van der Waals surface area contributed by atoms with Crippen LogP contribution in [0.4, 0.5) is 0 Å². The number of aromatic nitrogens is 3. The van der Waals surface area contributed by atoms with Crippen molar-refractivity contribution in [3.63, 3.8) is 0 Å². The van der Waals surface area contributed by atoms with Gasteiger partial charge in [0.15, 0.2) is 5.82 Å². The zero-order chi connectivity index (χ0) is 18.0. The van der Waals surface area contributed by atoms with Crippen LogP contribution in [0.25, 0.3) is 16.4 Å². The van der Waals surface area contributed by atoms with Gasteiger partial charge in [-0.3, -0.25) is 4.79 Å². The first kappa shape index (κ1) is 17.4. The monoisotopic (exact) mass is 354 g/mol. The Bertz CT molecular complexity index is 830. The summed E-state index contributed by atoms with van der Waals surface area (Å²) in [5.41, 5.74) is 0.887. The van der Waals surface area contributed by atoms with Crippen LogP contribution in [0.3, 0.4) is 0 Å². The highest BCUT2D eigenvalue weighted by Crippen LogP contribution is 2.26. The minimum Gasteiger partial charge on any atom is -0.331 e. The number of carbonyl (C=O) groups is 1. The summed E-state index contributed by atoms with van der Waals surface area (Å²) in [5, 5.41) is 6.54. The van der Waals surface area contributed by atoms with E-state index in [-0.39, 0.29) is 23.8 Å². The second-order valence-electron chi connectivity index (χ2n) is 6.38. The first-order valence-electron chi connectivity index (χ1n) is 8.38. The van der Waals surface area contributed by atoms with E-state index in [1.54, 1.807) is 16.0 Å². The van der Waals surface area contributed by atoms with Crippen LogP contribution in [0.5, 0.6) is 0 Å². The summed E-state index contributed by atoms with van der Waals surface area (Å²) in [6.45, 7) is 8.02. The van der Waals surface area contributed by atoms with Crippen LogP contribution in [-0.2, 0) is 0 Å². The third-order valence-corrected chi connectivity index (χ3v) is 4.75. The molecular formula is C19H22N4OS. The lowest BCUT2D eigenvalue weighted by Crippen LogP contribution is -2.42. The molecule has 3 rings (SSSR count). The minimum absolute atomic E-state index is 0.0846. The van der Waals surface area contributed by atoms with Gasteiger partial charge in [0, 0.05) is 12.1 Å². The Labute approximate surface area is 151 Å². The van der Waals surface area contributed by atoms with Crippen molar-refractivity contribution >= 4 is 17.2 Å². The number of thiophene rings is 1. The summed E-state index contributed by atoms with van der Waals surface area (Å²) in [6, 6.07) is 13.9. The molecule has 1 aromatic carbocycles. The number of carbonyl (C=O) groups excluding carboxylic acids is 1. The Balaban J connectivity index is 2.09. The van der Waals surface area contributed by atoms with E-state index in [4.69, 9.17) is 0 Å². The van der Waals surface area contributed by atoms with E-state index >= 15 is 0 Å². The summed E-state index contributed by atoms with van der Waals surface area (Å²) >= 11 is 1.58. The fourth-order valence-corrected chi connectivity index (χ4v) is 3.60. The highest BCUT2D eigenvalue weighted by molar-refractivity contribution is 7.13. The van der Waals surface area contributed by atoms with Gasteiger partial charge in [0.1, 0.15) is 0 Å². The molecule has 1 amide bonds. The standard InChI is InChI=1S/C19H22N4OS/c1-13(2)22(14(3)4)19(24)17-20-18(16-11-8-12-25-16)23(21-17)15-9-6-5-7-10-15/h5-14H,1-4H3. The lowest BCUT2D eigenvalue weighted by molar-refractivity contribution is 0.0631. The Hall–Kier alpha value is -2.47. The smallest absolute Gasteiger partial charge is 0.294 e. The van der Waals surface area contributed by atoms with Crippen LogP contribution < -0.4 is 0 Å². The highest BCUT2D eigenvalue weighted by Gasteiger charge is 2.27. The molecule has 0 aliphatic rings. The van der Waals surface area contributed by atoms with E-state index in [2.05, 4.69) is 10.1 Å². The zero-order valence-corrected chi connectivity index (χ0v) is 15.7. The molecule has 5 nitrogen and oxygen atoms in total. The first-order valence-corrected chi connectivity index (χ1v) is 9.26. The molecule has 0 saturated heterocycles. The molecule has 25 heavy (non-hydrogen) atoms. The maximum Gasteiger partial charge on any atom is 0.294 e. The number of nitrogens with zero attached hydrogens (tertiary/aromatic N) is 4. The molecule has 0 spiro atoms. The van der Waals surface area contributed by atoms with Crippen molar-refractivity contribution in [1.82, 2.24) is 19.7 Å². The molecule has 2 aromatic heterocycles. The predicted octanol–water partition coefficient (Wildman–Crippen LogP) is 4.25.